The van der Waals surface area contributed by atoms with E-state index in [1.807, 2.05) is 42.5 Å². The number of carbonyl (C=O) groups excluding carboxylic acids is 1. The third kappa shape index (κ3) is 4.91. The first kappa shape index (κ1) is 22.6. The summed E-state index contributed by atoms with van der Waals surface area (Å²) < 4.78 is 6.60. The van der Waals surface area contributed by atoms with E-state index in [2.05, 4.69) is 34.7 Å². The minimum Gasteiger partial charge on any atom is -0.490 e. The van der Waals surface area contributed by atoms with Crippen molar-refractivity contribution in [3.63, 3.8) is 0 Å². The highest BCUT2D eigenvalue weighted by Gasteiger charge is 2.34. The average Bonchev–Trinajstić information content (AvgIpc) is 2.80. The molecule has 0 saturated carbocycles. The standard InChI is InChI=1S/C24H25BrN4O2S/c1-3-5-6-13-32-24-27-23(30)21-19-15-17(25)10-11-20(19)26-22(29(21)28-24)16-8-7-9-18(14-16)31-12-4-2/h4,7-11,14-15,22H,2-3,5-6,12-13H2,1H3,(H,27,28,30). The molecule has 1 N–H and O–H groups in total. The predicted octanol–water partition coefficient (Wildman–Crippen LogP) is 4.08. The monoisotopic (exact) mass is 512 g/mol. The zero-order valence-electron chi connectivity index (χ0n) is 17.9. The van der Waals surface area contributed by atoms with Crippen LogP contribution in [0.15, 0.2) is 69.7 Å². The maximum absolute atomic E-state index is 13.2. The molecule has 2 aromatic carbocycles. The fraction of sp³-hybridized carbons (Fsp3) is 0.292. The molecule has 1 unspecified atom stereocenters. The van der Waals surface area contributed by atoms with Gasteiger partial charge in [0.2, 0.25) is 0 Å². The van der Waals surface area contributed by atoms with Crippen molar-refractivity contribution in [1.82, 2.24) is 10.3 Å². The number of nitrogens with zero attached hydrogens (tertiary/aromatic N) is 3. The van der Waals surface area contributed by atoms with Crippen molar-refractivity contribution < 1.29 is 9.53 Å². The Balaban J connectivity index is 1.77. The van der Waals surface area contributed by atoms with Crippen LogP contribution in [0.5, 0.6) is 5.75 Å². The van der Waals surface area contributed by atoms with Crippen molar-refractivity contribution in [2.24, 2.45) is 10.1 Å². The highest BCUT2D eigenvalue weighted by Crippen LogP contribution is 2.32. The van der Waals surface area contributed by atoms with Crippen LogP contribution in [0.3, 0.4) is 0 Å². The Morgan fingerprint density at radius 1 is 1.28 bits per heavy atom. The van der Waals surface area contributed by atoms with Gasteiger partial charge in [-0.05, 0) is 36.8 Å². The lowest BCUT2D eigenvalue weighted by atomic mass is 10.1. The molecule has 2 aromatic rings. The molecule has 0 saturated heterocycles. The first-order chi connectivity index (χ1) is 15.6. The van der Waals surface area contributed by atoms with Crippen LogP contribution in [0.25, 0.3) is 5.70 Å². The average molecular weight is 513 g/mol. The largest absolute Gasteiger partial charge is 0.490 e. The van der Waals surface area contributed by atoms with Crippen LogP contribution in [-0.2, 0) is 4.79 Å². The normalized spacial score (nSPS) is 17.0. The van der Waals surface area contributed by atoms with Crippen molar-refractivity contribution in [2.75, 3.05) is 12.4 Å². The minimum absolute atomic E-state index is 0.170. The number of rotatable bonds is 8. The number of ether oxygens (including phenoxy) is 1. The van der Waals surface area contributed by atoms with Gasteiger partial charge in [0.1, 0.15) is 18.1 Å². The lowest BCUT2D eigenvalue weighted by Crippen LogP contribution is -2.50. The van der Waals surface area contributed by atoms with E-state index in [0.717, 1.165) is 51.4 Å². The number of carbonyl (C=O) groups is 1. The number of hydrogen-bond acceptors (Lipinski definition) is 6. The summed E-state index contributed by atoms with van der Waals surface area (Å²) in [6.45, 7) is 6.30. The van der Waals surface area contributed by atoms with Crippen molar-refractivity contribution in [3.05, 3.63) is 75.7 Å². The Labute approximate surface area is 200 Å². The van der Waals surface area contributed by atoms with E-state index in [0.29, 0.717) is 17.5 Å². The number of amides is 1. The molecule has 0 bridgehead atoms. The highest BCUT2D eigenvalue weighted by atomic mass is 79.9. The molecular weight excluding hydrogens is 488 g/mol. The van der Waals surface area contributed by atoms with Gasteiger partial charge in [-0.1, -0.05) is 72.2 Å². The fourth-order valence-corrected chi connectivity index (χ4v) is 4.79. The van der Waals surface area contributed by atoms with Gasteiger partial charge in [0.15, 0.2) is 11.3 Å². The van der Waals surface area contributed by atoms with Gasteiger partial charge in [0.25, 0.3) is 5.91 Å². The summed E-state index contributed by atoms with van der Waals surface area (Å²) in [5, 5.41) is 11.6. The summed E-state index contributed by atoms with van der Waals surface area (Å²) in [7, 11) is 0. The van der Waals surface area contributed by atoms with Gasteiger partial charge < -0.3 is 4.74 Å². The number of hydrazone groups is 1. The molecule has 0 aromatic heterocycles. The number of fused-ring (bicyclic) bond motifs is 2. The van der Waals surface area contributed by atoms with Crippen LogP contribution in [0, 0.1) is 0 Å². The quantitative estimate of drug-likeness (QED) is 0.427. The third-order valence-corrected chi connectivity index (χ3v) is 6.52. The maximum Gasteiger partial charge on any atom is 0.276 e. The van der Waals surface area contributed by atoms with E-state index in [1.165, 1.54) is 0 Å². The number of halogens is 1. The zero-order valence-corrected chi connectivity index (χ0v) is 20.3. The predicted molar refractivity (Wildman–Crippen MR) is 133 cm³/mol. The summed E-state index contributed by atoms with van der Waals surface area (Å²) in [5.41, 5.74) is 1.39. The third-order valence-electron chi connectivity index (χ3n) is 5.08. The second-order valence-corrected chi connectivity index (χ2v) is 9.44. The number of benzene rings is 2. The van der Waals surface area contributed by atoms with Crippen molar-refractivity contribution in [1.29, 1.82) is 0 Å². The molecule has 1 amide bonds. The van der Waals surface area contributed by atoms with E-state index >= 15 is 0 Å². The Kier molecular flexibility index (Phi) is 7.32. The summed E-state index contributed by atoms with van der Waals surface area (Å²) >= 11 is 5.08. The number of amidine groups is 1. The Bertz CT molecular complexity index is 1180. The van der Waals surface area contributed by atoms with E-state index in [1.54, 1.807) is 22.8 Å². The molecule has 0 spiro atoms. The Morgan fingerprint density at radius 2 is 2.16 bits per heavy atom. The van der Waals surface area contributed by atoms with E-state index in [9.17, 15) is 4.79 Å². The molecule has 1 atom stereocenters. The second-order valence-electron chi connectivity index (χ2n) is 7.44. The molecule has 4 rings (SSSR count). The lowest BCUT2D eigenvalue weighted by molar-refractivity contribution is -0.116. The van der Waals surface area contributed by atoms with Gasteiger partial charge in [-0.3, -0.25) is 15.1 Å². The second kappa shape index (κ2) is 10.4. The van der Waals surface area contributed by atoms with Crippen molar-refractivity contribution >= 4 is 44.5 Å². The molecule has 32 heavy (non-hydrogen) atoms. The first-order valence-electron chi connectivity index (χ1n) is 10.6. The molecule has 2 aliphatic rings. The molecule has 2 heterocycles. The maximum atomic E-state index is 13.2. The molecule has 8 heteroatoms. The van der Waals surface area contributed by atoms with Crippen LogP contribution in [0.4, 0.5) is 0 Å². The molecule has 0 radical (unpaired) electrons. The lowest BCUT2D eigenvalue weighted by Gasteiger charge is -2.34. The summed E-state index contributed by atoms with van der Waals surface area (Å²) in [6.07, 6.45) is 4.63. The SMILES string of the molecule is C=CCOc1cccc(C2N=c3ccc(Br)cc3=C3C(=O)NC(SCCCCC)=NN32)c1. The van der Waals surface area contributed by atoms with E-state index < -0.39 is 6.17 Å². The molecule has 0 aliphatic carbocycles. The number of nitrogens with one attached hydrogen (secondary N) is 1. The van der Waals surface area contributed by atoms with Gasteiger partial charge in [-0.2, -0.15) is 0 Å². The smallest absolute Gasteiger partial charge is 0.276 e. The Hall–Kier alpha value is -2.58. The molecule has 6 nitrogen and oxygen atoms in total. The number of thioether (sulfide) groups is 1. The number of unbranched alkanes of at least 4 members (excludes halogenated alkanes) is 2. The van der Waals surface area contributed by atoms with E-state index in [-0.39, 0.29) is 5.91 Å². The highest BCUT2D eigenvalue weighted by molar-refractivity contribution is 9.10. The fourth-order valence-electron chi connectivity index (χ4n) is 3.57. The summed E-state index contributed by atoms with van der Waals surface area (Å²) in [4.78, 5) is 18.2. The molecule has 166 valence electrons. The summed E-state index contributed by atoms with van der Waals surface area (Å²) in [6, 6.07) is 13.5. The zero-order chi connectivity index (χ0) is 22.5. The Morgan fingerprint density at radius 3 is 2.97 bits per heavy atom. The van der Waals surface area contributed by atoms with Gasteiger partial charge in [-0.15, -0.1) is 5.10 Å². The van der Waals surface area contributed by atoms with Crippen molar-refractivity contribution in [2.45, 2.75) is 32.4 Å². The van der Waals surface area contributed by atoms with Crippen LogP contribution < -0.4 is 20.6 Å². The molecule has 0 fully saturated rings. The summed E-state index contributed by atoms with van der Waals surface area (Å²) in [5.74, 6) is 1.46. The van der Waals surface area contributed by atoms with Crippen LogP contribution in [0.2, 0.25) is 0 Å². The van der Waals surface area contributed by atoms with Gasteiger partial charge in [0, 0.05) is 21.0 Å². The van der Waals surface area contributed by atoms with Gasteiger partial charge in [0.05, 0.1) is 5.36 Å². The van der Waals surface area contributed by atoms with Gasteiger partial charge >= 0.3 is 0 Å². The molecule has 2 aliphatic heterocycles. The van der Waals surface area contributed by atoms with Gasteiger partial charge in [-0.25, -0.2) is 5.01 Å². The van der Waals surface area contributed by atoms with E-state index in [4.69, 9.17) is 14.8 Å². The number of hydrogen-bond donors (Lipinski definition) is 1. The van der Waals surface area contributed by atoms with Crippen LogP contribution in [0.1, 0.15) is 37.9 Å². The van der Waals surface area contributed by atoms with Crippen LogP contribution >= 0.6 is 27.7 Å². The van der Waals surface area contributed by atoms with Crippen LogP contribution in [-0.4, -0.2) is 28.4 Å². The minimum atomic E-state index is -0.469. The first-order valence-corrected chi connectivity index (χ1v) is 12.4. The molecular formula is C24H25BrN4O2S. The topological polar surface area (TPSA) is 66.3 Å². The van der Waals surface area contributed by atoms with Crippen molar-refractivity contribution in [3.8, 4) is 5.75 Å².